The van der Waals surface area contributed by atoms with Crippen LogP contribution in [0.1, 0.15) is 38.5 Å². The molecule has 0 aromatic heterocycles. The highest BCUT2D eigenvalue weighted by Crippen LogP contribution is 2.45. The van der Waals surface area contributed by atoms with Crippen molar-refractivity contribution in [3.8, 4) is 0 Å². The first-order valence-corrected chi connectivity index (χ1v) is 8.40. The highest BCUT2D eigenvalue weighted by Gasteiger charge is 2.43. The summed E-state index contributed by atoms with van der Waals surface area (Å²) in [7, 11) is 0. The minimum absolute atomic E-state index is 0.327. The summed E-state index contributed by atoms with van der Waals surface area (Å²) in [5, 5.41) is 3.35. The van der Waals surface area contributed by atoms with Gasteiger partial charge in [0.25, 0.3) is 5.91 Å². The molecule has 0 aromatic carbocycles. The Hall–Kier alpha value is -1.82. The Labute approximate surface area is 136 Å². The Morgan fingerprint density at radius 3 is 2.70 bits per heavy atom. The predicted octanol–water partition coefficient (Wildman–Crippen LogP) is 0.728. The van der Waals surface area contributed by atoms with Gasteiger partial charge in [-0.1, -0.05) is 6.08 Å². The maximum Gasteiger partial charge on any atom is 0.252 e. The van der Waals surface area contributed by atoms with Crippen LogP contribution >= 0.6 is 0 Å². The van der Waals surface area contributed by atoms with E-state index in [0.29, 0.717) is 36.7 Å². The first-order chi connectivity index (χ1) is 11.0. The van der Waals surface area contributed by atoms with Gasteiger partial charge in [0.1, 0.15) is 5.76 Å². The molecule has 23 heavy (non-hydrogen) atoms. The quantitative estimate of drug-likeness (QED) is 0.694. The van der Waals surface area contributed by atoms with Crippen molar-refractivity contribution in [1.29, 1.82) is 0 Å². The lowest BCUT2D eigenvalue weighted by atomic mass is 9.70. The summed E-state index contributed by atoms with van der Waals surface area (Å²) in [4.78, 5) is 24.0. The van der Waals surface area contributed by atoms with E-state index in [0.717, 1.165) is 44.3 Å². The molecule has 1 atom stereocenters. The molecule has 2 heterocycles. The van der Waals surface area contributed by atoms with Crippen LogP contribution < -0.4 is 16.8 Å². The molecule has 6 nitrogen and oxygen atoms in total. The number of primary amides is 2. The first kappa shape index (κ1) is 16.1. The van der Waals surface area contributed by atoms with Crippen LogP contribution in [0.3, 0.4) is 0 Å². The van der Waals surface area contributed by atoms with E-state index in [1.807, 2.05) is 0 Å². The number of nitrogens with one attached hydrogen (secondary N) is 1. The van der Waals surface area contributed by atoms with Gasteiger partial charge in [0.2, 0.25) is 5.91 Å². The lowest BCUT2D eigenvalue weighted by molar-refractivity contribution is -0.125. The number of carbonyl (C=O) groups excluding carboxylic acids is 2. The van der Waals surface area contributed by atoms with Gasteiger partial charge in [0.15, 0.2) is 0 Å². The van der Waals surface area contributed by atoms with Crippen molar-refractivity contribution in [2.24, 2.45) is 22.8 Å². The molecule has 2 amide bonds. The molecule has 0 spiro atoms. The van der Waals surface area contributed by atoms with Crippen molar-refractivity contribution in [3.63, 3.8) is 0 Å². The van der Waals surface area contributed by atoms with E-state index in [1.165, 1.54) is 0 Å². The molecule has 1 unspecified atom stereocenters. The van der Waals surface area contributed by atoms with E-state index >= 15 is 0 Å². The zero-order valence-electron chi connectivity index (χ0n) is 13.4. The number of amides is 2. The molecular formula is C17H25N3O3. The SMILES string of the molecule is NC(=O)C1=CC(CCC2CCNCC2)(C(N)=O)CC2=C1OCC2. The first-order valence-electron chi connectivity index (χ1n) is 8.40. The van der Waals surface area contributed by atoms with E-state index in [9.17, 15) is 9.59 Å². The van der Waals surface area contributed by atoms with Gasteiger partial charge in [-0.05, 0) is 56.7 Å². The van der Waals surface area contributed by atoms with Crippen LogP contribution in [0.15, 0.2) is 23.0 Å². The predicted molar refractivity (Wildman–Crippen MR) is 85.9 cm³/mol. The van der Waals surface area contributed by atoms with Gasteiger partial charge in [-0.15, -0.1) is 0 Å². The molecular weight excluding hydrogens is 294 g/mol. The lowest BCUT2D eigenvalue weighted by Crippen LogP contribution is -2.40. The van der Waals surface area contributed by atoms with E-state index in [1.54, 1.807) is 6.08 Å². The van der Waals surface area contributed by atoms with Gasteiger partial charge in [-0.3, -0.25) is 9.59 Å². The lowest BCUT2D eigenvalue weighted by Gasteiger charge is -2.34. The molecule has 126 valence electrons. The number of rotatable bonds is 5. The maximum atomic E-state index is 12.3. The van der Waals surface area contributed by atoms with Crippen LogP contribution in [0, 0.1) is 11.3 Å². The molecule has 1 fully saturated rings. The Bertz CT molecular complexity index is 576. The highest BCUT2D eigenvalue weighted by molar-refractivity contribution is 5.98. The van der Waals surface area contributed by atoms with Crippen LogP contribution in [-0.2, 0) is 14.3 Å². The van der Waals surface area contributed by atoms with Gasteiger partial charge < -0.3 is 21.5 Å². The summed E-state index contributed by atoms with van der Waals surface area (Å²) in [6.45, 7) is 2.60. The van der Waals surface area contributed by atoms with Crippen molar-refractivity contribution in [1.82, 2.24) is 5.32 Å². The molecule has 1 saturated heterocycles. The summed E-state index contributed by atoms with van der Waals surface area (Å²) < 4.78 is 5.55. The fraction of sp³-hybridized carbons (Fsp3) is 0.647. The Morgan fingerprint density at radius 2 is 2.04 bits per heavy atom. The third-order valence-corrected chi connectivity index (χ3v) is 5.38. The zero-order valence-corrected chi connectivity index (χ0v) is 13.4. The van der Waals surface area contributed by atoms with E-state index in [4.69, 9.17) is 16.2 Å². The number of hydrogen-bond acceptors (Lipinski definition) is 4. The average Bonchev–Trinajstić information content (AvgIpc) is 3.00. The van der Waals surface area contributed by atoms with Crippen LogP contribution in [-0.4, -0.2) is 31.5 Å². The van der Waals surface area contributed by atoms with Crippen LogP contribution in [0.4, 0.5) is 0 Å². The maximum absolute atomic E-state index is 12.3. The molecule has 0 aromatic rings. The fourth-order valence-electron chi connectivity index (χ4n) is 3.96. The van der Waals surface area contributed by atoms with E-state index in [-0.39, 0.29) is 5.91 Å². The van der Waals surface area contributed by atoms with Gasteiger partial charge in [0, 0.05) is 6.42 Å². The molecule has 2 aliphatic heterocycles. The largest absolute Gasteiger partial charge is 0.492 e. The molecule has 6 heteroatoms. The normalized spacial score (nSPS) is 28.1. The Balaban J connectivity index is 1.82. The summed E-state index contributed by atoms with van der Waals surface area (Å²) in [5.74, 6) is 0.263. The molecule has 0 bridgehead atoms. The number of carbonyl (C=O) groups is 2. The summed E-state index contributed by atoms with van der Waals surface area (Å²) in [5.41, 5.74) is 11.8. The van der Waals surface area contributed by atoms with Crippen molar-refractivity contribution in [2.45, 2.75) is 38.5 Å². The second kappa shape index (κ2) is 6.35. The standard InChI is InChI=1S/C17H25N3O3/c18-15(21)13-10-17(16(19)22,9-12-4-8-23-14(12)13)5-1-11-2-6-20-7-3-11/h10-11,20H,1-9H2,(H2,18,21)(H2,19,22). The summed E-state index contributed by atoms with van der Waals surface area (Å²) >= 11 is 0. The second-order valence-electron chi connectivity index (χ2n) is 6.88. The van der Waals surface area contributed by atoms with Crippen LogP contribution in [0.2, 0.25) is 0 Å². The fourth-order valence-corrected chi connectivity index (χ4v) is 3.96. The van der Waals surface area contributed by atoms with Crippen molar-refractivity contribution in [2.75, 3.05) is 19.7 Å². The number of ether oxygens (including phenoxy) is 1. The number of piperidine rings is 1. The average molecular weight is 319 g/mol. The van der Waals surface area contributed by atoms with Gasteiger partial charge in [-0.2, -0.15) is 0 Å². The van der Waals surface area contributed by atoms with Crippen LogP contribution in [0.5, 0.6) is 0 Å². The summed E-state index contributed by atoms with van der Waals surface area (Å²) in [6, 6.07) is 0. The Kier molecular flexibility index (Phi) is 4.43. The Morgan fingerprint density at radius 1 is 1.30 bits per heavy atom. The molecule has 0 radical (unpaired) electrons. The third-order valence-electron chi connectivity index (χ3n) is 5.38. The van der Waals surface area contributed by atoms with Gasteiger partial charge in [-0.25, -0.2) is 0 Å². The highest BCUT2D eigenvalue weighted by atomic mass is 16.5. The van der Waals surface area contributed by atoms with Crippen LogP contribution in [0.25, 0.3) is 0 Å². The minimum atomic E-state index is -0.804. The third kappa shape index (κ3) is 3.13. The monoisotopic (exact) mass is 319 g/mol. The topological polar surface area (TPSA) is 107 Å². The zero-order chi connectivity index (χ0) is 16.4. The number of hydrogen-bond donors (Lipinski definition) is 3. The second-order valence-corrected chi connectivity index (χ2v) is 6.88. The molecule has 0 saturated carbocycles. The van der Waals surface area contributed by atoms with Crippen molar-refractivity contribution >= 4 is 11.8 Å². The number of nitrogens with two attached hydrogens (primary N) is 2. The van der Waals surface area contributed by atoms with E-state index < -0.39 is 11.3 Å². The summed E-state index contributed by atoms with van der Waals surface area (Å²) in [6.07, 6.45) is 6.83. The minimum Gasteiger partial charge on any atom is -0.492 e. The van der Waals surface area contributed by atoms with Crippen molar-refractivity contribution in [3.05, 3.63) is 23.0 Å². The van der Waals surface area contributed by atoms with Gasteiger partial charge >= 0.3 is 0 Å². The van der Waals surface area contributed by atoms with Gasteiger partial charge in [0.05, 0.1) is 17.6 Å². The molecule has 1 aliphatic carbocycles. The smallest absolute Gasteiger partial charge is 0.252 e. The molecule has 5 N–H and O–H groups in total. The van der Waals surface area contributed by atoms with E-state index in [2.05, 4.69) is 5.32 Å². The molecule has 3 rings (SSSR count). The molecule has 3 aliphatic rings. The van der Waals surface area contributed by atoms with Crippen molar-refractivity contribution < 1.29 is 14.3 Å².